The Morgan fingerprint density at radius 3 is 2.45 bits per heavy atom. The molecule has 5 atom stereocenters. The minimum Gasteiger partial charge on any atom is -0.320 e. The molecular formula is C22H34N4O6S. The summed E-state index contributed by atoms with van der Waals surface area (Å²) in [4.78, 5) is 47.0. The van der Waals surface area contributed by atoms with Crippen LogP contribution >= 0.6 is 0 Å². The third-order valence-corrected chi connectivity index (χ3v) is 10.1. The Kier molecular flexibility index (Phi) is 5.82. The van der Waals surface area contributed by atoms with Crippen molar-refractivity contribution in [1.82, 2.24) is 20.0 Å². The molecule has 10 nitrogen and oxygen atoms in total. The zero-order valence-corrected chi connectivity index (χ0v) is 20.1. The zero-order chi connectivity index (χ0) is 23.5. The fraction of sp³-hybridized carbons (Fsp3) is 0.864. The molecule has 5 unspecified atom stereocenters. The number of ketones is 1. The maximum absolute atomic E-state index is 13.5. The first-order valence-corrected chi connectivity index (χ1v) is 13.7. The van der Waals surface area contributed by atoms with E-state index in [4.69, 9.17) is 4.84 Å². The number of carbonyl (C=O) groups is 3. The molecule has 3 aliphatic carbocycles. The maximum atomic E-state index is 13.5. The molecule has 0 aromatic carbocycles. The van der Waals surface area contributed by atoms with Crippen molar-refractivity contribution in [3.8, 4) is 0 Å². The van der Waals surface area contributed by atoms with Crippen LogP contribution in [-0.4, -0.2) is 78.0 Å². The lowest BCUT2D eigenvalue weighted by atomic mass is 9.78. The minimum absolute atomic E-state index is 0.111. The summed E-state index contributed by atoms with van der Waals surface area (Å²) < 4.78 is 28.9. The quantitative estimate of drug-likeness (QED) is 0.553. The van der Waals surface area contributed by atoms with E-state index in [1.807, 2.05) is 13.8 Å². The summed E-state index contributed by atoms with van der Waals surface area (Å²) in [6.07, 6.45) is 4.06. The summed E-state index contributed by atoms with van der Waals surface area (Å²) >= 11 is 0. The van der Waals surface area contributed by atoms with Crippen LogP contribution in [0.2, 0.25) is 0 Å². The number of carbonyl (C=O) groups excluding carboxylic acids is 3. The summed E-state index contributed by atoms with van der Waals surface area (Å²) in [5.74, 6) is -0.554. The number of amides is 3. The third-order valence-electron chi connectivity index (χ3n) is 7.98. The number of imide groups is 1. The van der Waals surface area contributed by atoms with Gasteiger partial charge in [0.25, 0.3) is 0 Å². The average molecular weight is 483 g/mol. The summed E-state index contributed by atoms with van der Waals surface area (Å²) in [7, 11) is -3.56. The number of hydrogen-bond acceptors (Lipinski definition) is 7. The molecule has 0 spiro atoms. The average Bonchev–Trinajstić information content (AvgIpc) is 3.30. The molecule has 0 aromatic rings. The van der Waals surface area contributed by atoms with Gasteiger partial charge in [-0.3, -0.25) is 19.3 Å². The van der Waals surface area contributed by atoms with Crippen molar-refractivity contribution in [2.75, 3.05) is 13.1 Å². The molecule has 2 aliphatic heterocycles. The molecule has 5 rings (SSSR count). The number of fused-ring (bicyclic) bond motifs is 1. The molecule has 33 heavy (non-hydrogen) atoms. The highest BCUT2D eigenvalue weighted by Gasteiger charge is 2.53. The van der Waals surface area contributed by atoms with Gasteiger partial charge in [0.15, 0.2) is 0 Å². The number of Topliss-reactive ketones (excluding diaryl/α,β-unsaturated/α-hetero) is 1. The Morgan fingerprint density at radius 1 is 1.12 bits per heavy atom. The highest BCUT2D eigenvalue weighted by Crippen LogP contribution is 2.41. The van der Waals surface area contributed by atoms with E-state index in [1.165, 1.54) is 4.90 Å². The van der Waals surface area contributed by atoms with Gasteiger partial charge in [0.2, 0.25) is 15.9 Å². The Hall–Kier alpha value is -1.56. The van der Waals surface area contributed by atoms with Crippen molar-refractivity contribution in [2.45, 2.75) is 94.2 Å². The van der Waals surface area contributed by atoms with E-state index >= 15 is 0 Å². The molecule has 2 heterocycles. The van der Waals surface area contributed by atoms with Crippen LogP contribution in [0.5, 0.6) is 0 Å². The molecule has 5 fully saturated rings. The first kappa shape index (κ1) is 23.2. The van der Waals surface area contributed by atoms with Crippen LogP contribution < -0.4 is 10.2 Å². The zero-order valence-electron chi connectivity index (χ0n) is 19.3. The second-order valence-corrected chi connectivity index (χ2v) is 13.0. The minimum atomic E-state index is -3.56. The highest BCUT2D eigenvalue weighted by atomic mass is 32.2. The number of rotatable bonds is 7. The number of urea groups is 1. The van der Waals surface area contributed by atoms with Crippen LogP contribution in [0.25, 0.3) is 0 Å². The van der Waals surface area contributed by atoms with Gasteiger partial charge < -0.3 is 4.90 Å². The Labute approximate surface area is 194 Å². The van der Waals surface area contributed by atoms with Crippen LogP contribution in [0.15, 0.2) is 0 Å². The van der Waals surface area contributed by atoms with Gasteiger partial charge >= 0.3 is 6.03 Å². The molecule has 0 aromatic heterocycles. The van der Waals surface area contributed by atoms with E-state index in [0.717, 1.165) is 12.8 Å². The molecule has 5 aliphatic rings. The molecule has 184 valence electrons. The van der Waals surface area contributed by atoms with Gasteiger partial charge in [-0.05, 0) is 58.3 Å². The molecule has 3 saturated carbocycles. The van der Waals surface area contributed by atoms with E-state index in [2.05, 4.69) is 10.2 Å². The highest BCUT2D eigenvalue weighted by molar-refractivity contribution is 7.90. The molecule has 3 amide bonds. The SMILES string of the molecule is CC1CC(CN2C(=O)C3CC(S(=O)(=O)NC4(C)CC4)CCC3N(CC3CC(=O)C3)C2=O)ON1. The first-order valence-electron chi connectivity index (χ1n) is 12.1. The lowest BCUT2D eigenvalue weighted by Crippen LogP contribution is -2.66. The Morgan fingerprint density at radius 2 is 1.85 bits per heavy atom. The van der Waals surface area contributed by atoms with Crippen molar-refractivity contribution < 1.29 is 27.6 Å². The monoisotopic (exact) mass is 482 g/mol. The first-order chi connectivity index (χ1) is 15.5. The van der Waals surface area contributed by atoms with Crippen molar-refractivity contribution in [3.05, 3.63) is 0 Å². The predicted molar refractivity (Wildman–Crippen MR) is 118 cm³/mol. The third kappa shape index (κ3) is 4.56. The van der Waals surface area contributed by atoms with Gasteiger partial charge in [-0.1, -0.05) is 0 Å². The number of nitrogens with one attached hydrogen (secondary N) is 2. The van der Waals surface area contributed by atoms with Gasteiger partial charge in [-0.15, -0.1) is 0 Å². The summed E-state index contributed by atoms with van der Waals surface area (Å²) in [5, 5.41) is -0.647. The molecule has 0 bridgehead atoms. The number of nitrogens with zero attached hydrogens (tertiary/aromatic N) is 2. The Bertz CT molecular complexity index is 943. The van der Waals surface area contributed by atoms with Gasteiger partial charge in [0.05, 0.1) is 23.8 Å². The van der Waals surface area contributed by atoms with Crippen LogP contribution in [-0.2, 0) is 24.4 Å². The van der Waals surface area contributed by atoms with E-state index in [1.54, 1.807) is 4.90 Å². The van der Waals surface area contributed by atoms with E-state index in [0.29, 0.717) is 38.6 Å². The lowest BCUT2D eigenvalue weighted by Gasteiger charge is -2.49. The van der Waals surface area contributed by atoms with E-state index < -0.39 is 21.2 Å². The molecule has 11 heteroatoms. The van der Waals surface area contributed by atoms with E-state index in [9.17, 15) is 22.8 Å². The lowest BCUT2D eigenvalue weighted by molar-refractivity contribution is -0.143. The van der Waals surface area contributed by atoms with Gasteiger partial charge in [0, 0.05) is 37.0 Å². The fourth-order valence-corrected chi connectivity index (χ4v) is 7.70. The normalized spacial score (nSPS) is 36.7. The summed E-state index contributed by atoms with van der Waals surface area (Å²) in [5.41, 5.74) is 2.52. The number of hydrogen-bond donors (Lipinski definition) is 2. The molecule has 0 radical (unpaired) electrons. The van der Waals surface area contributed by atoms with Crippen molar-refractivity contribution >= 4 is 27.7 Å². The topological polar surface area (TPSA) is 125 Å². The second-order valence-electron chi connectivity index (χ2n) is 11.0. The van der Waals surface area contributed by atoms with Gasteiger partial charge in [0.1, 0.15) is 5.78 Å². The number of sulfonamides is 1. The van der Waals surface area contributed by atoms with Gasteiger partial charge in [-0.25, -0.2) is 17.9 Å². The molecule has 2 saturated heterocycles. The Balaban J connectivity index is 1.36. The number of hydroxylamine groups is 1. The maximum Gasteiger partial charge on any atom is 0.327 e. The second kappa shape index (κ2) is 8.28. The van der Waals surface area contributed by atoms with E-state index in [-0.39, 0.29) is 60.3 Å². The van der Waals surface area contributed by atoms with Crippen LogP contribution in [0.3, 0.4) is 0 Å². The van der Waals surface area contributed by atoms with Crippen LogP contribution in [0, 0.1) is 11.8 Å². The fourth-order valence-electron chi connectivity index (χ4n) is 5.74. The molecule has 2 N–H and O–H groups in total. The van der Waals surface area contributed by atoms with Crippen molar-refractivity contribution in [2.24, 2.45) is 11.8 Å². The van der Waals surface area contributed by atoms with Crippen LogP contribution in [0.1, 0.15) is 65.2 Å². The van der Waals surface area contributed by atoms with Crippen LogP contribution in [0.4, 0.5) is 4.79 Å². The smallest absolute Gasteiger partial charge is 0.320 e. The predicted octanol–water partition coefficient (Wildman–Crippen LogP) is 0.921. The van der Waals surface area contributed by atoms with Crippen molar-refractivity contribution in [1.29, 1.82) is 0 Å². The summed E-state index contributed by atoms with van der Waals surface area (Å²) in [6.45, 7) is 4.45. The van der Waals surface area contributed by atoms with Crippen molar-refractivity contribution in [3.63, 3.8) is 0 Å². The standard InChI is InChI=1S/C22H34N4O6S/c1-13-7-16(32-23-13)12-26-20(28)18-10-17(33(30,31)24-22(2)5-6-22)3-4-19(18)25(21(26)29)11-14-8-15(27)9-14/h13-14,16-19,23-24H,3-12H2,1-2H3. The summed E-state index contributed by atoms with van der Waals surface area (Å²) in [6, 6.07) is -0.524. The molecular weight excluding hydrogens is 448 g/mol. The largest absolute Gasteiger partial charge is 0.327 e. The van der Waals surface area contributed by atoms with Gasteiger partial charge in [-0.2, -0.15) is 5.48 Å².